The average molecular weight is 320 g/mol. The number of amides is 1. The summed E-state index contributed by atoms with van der Waals surface area (Å²) in [6.45, 7) is 7.12. The Morgan fingerprint density at radius 3 is 2.61 bits per heavy atom. The van der Waals surface area contributed by atoms with Crippen molar-refractivity contribution in [2.75, 3.05) is 12.4 Å². The van der Waals surface area contributed by atoms with E-state index in [4.69, 9.17) is 14.9 Å². The molecule has 7 nitrogen and oxygen atoms in total. The third-order valence-corrected chi connectivity index (χ3v) is 2.77. The number of alkyl carbamates (subject to hydrolysis) is 1. The summed E-state index contributed by atoms with van der Waals surface area (Å²) < 4.78 is 10.5. The van der Waals surface area contributed by atoms with E-state index in [0.717, 1.165) is 11.9 Å². The van der Waals surface area contributed by atoms with Gasteiger partial charge < -0.3 is 20.2 Å². The van der Waals surface area contributed by atoms with Crippen LogP contribution in [0.2, 0.25) is 0 Å². The van der Waals surface area contributed by atoms with E-state index in [9.17, 15) is 4.79 Å². The van der Waals surface area contributed by atoms with Crippen LogP contribution in [0.5, 0.6) is 0 Å². The monoisotopic (exact) mass is 320 g/mol. The maximum atomic E-state index is 11.9. The van der Waals surface area contributed by atoms with E-state index in [2.05, 4.69) is 15.6 Å². The highest BCUT2D eigenvalue weighted by Gasteiger charge is 2.20. The first-order valence-corrected chi connectivity index (χ1v) is 7.21. The zero-order chi connectivity index (χ0) is 17.5. The number of pyridine rings is 1. The molecule has 0 saturated heterocycles. The molecule has 1 unspecified atom stereocenters. The Kier molecular flexibility index (Phi) is 6.71. The fourth-order valence-electron chi connectivity index (χ4n) is 1.69. The SMILES string of the molecule is COC(C)/C(Nc1cccnc1)=C(/C=N)NC(=O)OC(C)(C)C. The van der Waals surface area contributed by atoms with Gasteiger partial charge in [0.25, 0.3) is 0 Å². The molecule has 23 heavy (non-hydrogen) atoms. The van der Waals surface area contributed by atoms with Gasteiger partial charge in [-0.05, 0) is 39.8 Å². The molecule has 0 aliphatic heterocycles. The Balaban J connectivity index is 3.05. The highest BCUT2D eigenvalue weighted by atomic mass is 16.6. The van der Waals surface area contributed by atoms with Crippen LogP contribution in [0.3, 0.4) is 0 Å². The van der Waals surface area contributed by atoms with Crippen LogP contribution in [0.25, 0.3) is 0 Å². The van der Waals surface area contributed by atoms with E-state index in [1.165, 1.54) is 0 Å². The molecular weight excluding hydrogens is 296 g/mol. The van der Waals surface area contributed by atoms with Gasteiger partial charge in [0.1, 0.15) is 5.60 Å². The summed E-state index contributed by atoms with van der Waals surface area (Å²) >= 11 is 0. The quantitative estimate of drug-likeness (QED) is 0.700. The number of carbonyl (C=O) groups excluding carboxylic acids is 1. The molecule has 1 amide bonds. The summed E-state index contributed by atoms with van der Waals surface area (Å²) in [6, 6.07) is 3.60. The number of ether oxygens (including phenoxy) is 2. The normalized spacial score (nSPS) is 13.6. The number of methoxy groups -OCH3 is 1. The van der Waals surface area contributed by atoms with Gasteiger partial charge in [-0.2, -0.15) is 0 Å². The Hall–Kier alpha value is -2.41. The van der Waals surface area contributed by atoms with Crippen LogP contribution >= 0.6 is 0 Å². The Labute approximate surface area is 136 Å². The minimum absolute atomic E-state index is 0.262. The van der Waals surface area contributed by atoms with E-state index < -0.39 is 11.7 Å². The Bertz CT molecular complexity index is 564. The van der Waals surface area contributed by atoms with Crippen molar-refractivity contribution in [2.45, 2.75) is 39.4 Å². The second-order valence-electron chi connectivity index (χ2n) is 5.84. The first-order chi connectivity index (χ1) is 10.8. The summed E-state index contributed by atoms with van der Waals surface area (Å²) in [5.74, 6) is 0. The van der Waals surface area contributed by atoms with Gasteiger partial charge in [-0.15, -0.1) is 0 Å². The van der Waals surface area contributed by atoms with E-state index >= 15 is 0 Å². The molecule has 3 N–H and O–H groups in total. The van der Waals surface area contributed by atoms with Gasteiger partial charge in [-0.1, -0.05) is 0 Å². The summed E-state index contributed by atoms with van der Waals surface area (Å²) in [5.41, 5.74) is 0.886. The van der Waals surface area contributed by atoms with Crippen LogP contribution in [0, 0.1) is 5.41 Å². The second-order valence-corrected chi connectivity index (χ2v) is 5.84. The molecular formula is C16H24N4O3. The number of nitrogens with one attached hydrogen (secondary N) is 3. The third kappa shape index (κ3) is 6.48. The summed E-state index contributed by atoms with van der Waals surface area (Å²) in [4.78, 5) is 16.0. The van der Waals surface area contributed by atoms with Crippen molar-refractivity contribution < 1.29 is 14.3 Å². The number of carbonyl (C=O) groups is 1. The van der Waals surface area contributed by atoms with Gasteiger partial charge in [0.05, 0.1) is 29.4 Å². The number of anilines is 1. The number of aromatic nitrogens is 1. The van der Waals surface area contributed by atoms with Crippen LogP contribution in [0.1, 0.15) is 27.7 Å². The molecule has 0 aliphatic carbocycles. The molecule has 0 fully saturated rings. The lowest BCUT2D eigenvalue weighted by Crippen LogP contribution is -2.35. The van der Waals surface area contributed by atoms with Gasteiger partial charge in [0.2, 0.25) is 0 Å². The molecule has 0 aromatic carbocycles. The standard InChI is InChI=1S/C16H24N4O3/c1-11(22-5)14(19-12-7-6-8-18-10-12)13(9-17)20-15(21)23-16(2,3)4/h6-11,17,19H,1-5H3,(H,20,21)/b14-13+,17-9?. The van der Waals surface area contributed by atoms with Crippen molar-refractivity contribution in [3.8, 4) is 0 Å². The van der Waals surface area contributed by atoms with Crippen molar-refractivity contribution in [1.82, 2.24) is 10.3 Å². The highest BCUT2D eigenvalue weighted by molar-refractivity contribution is 5.85. The number of hydrogen-bond acceptors (Lipinski definition) is 6. The topological polar surface area (TPSA) is 96.3 Å². The van der Waals surface area contributed by atoms with E-state index in [0.29, 0.717) is 5.70 Å². The summed E-state index contributed by atoms with van der Waals surface area (Å²) in [5, 5.41) is 13.3. The van der Waals surface area contributed by atoms with E-state index in [-0.39, 0.29) is 11.8 Å². The summed E-state index contributed by atoms with van der Waals surface area (Å²) in [7, 11) is 1.55. The average Bonchev–Trinajstić information content (AvgIpc) is 2.49. The van der Waals surface area contributed by atoms with Crippen molar-refractivity contribution in [3.63, 3.8) is 0 Å². The van der Waals surface area contributed by atoms with Crippen molar-refractivity contribution >= 4 is 18.0 Å². The predicted octanol–water partition coefficient (Wildman–Crippen LogP) is 2.91. The highest BCUT2D eigenvalue weighted by Crippen LogP contribution is 2.15. The van der Waals surface area contributed by atoms with Crippen LogP contribution in [0.4, 0.5) is 10.5 Å². The minimum Gasteiger partial charge on any atom is -0.444 e. The van der Waals surface area contributed by atoms with E-state index in [1.54, 1.807) is 53.3 Å². The summed E-state index contributed by atoms with van der Waals surface area (Å²) in [6.07, 6.45) is 3.33. The lowest BCUT2D eigenvalue weighted by Gasteiger charge is -2.23. The number of allylic oxidation sites excluding steroid dienone is 1. The van der Waals surface area contributed by atoms with Crippen LogP contribution in [-0.4, -0.2) is 36.1 Å². The lowest BCUT2D eigenvalue weighted by atomic mass is 10.2. The molecule has 0 spiro atoms. The molecule has 7 heteroatoms. The zero-order valence-corrected chi connectivity index (χ0v) is 14.1. The molecule has 0 bridgehead atoms. The molecule has 1 aromatic rings. The first-order valence-electron chi connectivity index (χ1n) is 7.21. The van der Waals surface area contributed by atoms with Gasteiger partial charge in [-0.25, -0.2) is 4.79 Å². The Morgan fingerprint density at radius 2 is 2.13 bits per heavy atom. The van der Waals surface area contributed by atoms with Crippen LogP contribution in [-0.2, 0) is 9.47 Å². The lowest BCUT2D eigenvalue weighted by molar-refractivity contribution is 0.0547. The van der Waals surface area contributed by atoms with Gasteiger partial charge in [-0.3, -0.25) is 10.3 Å². The van der Waals surface area contributed by atoms with Gasteiger partial charge in [0, 0.05) is 19.5 Å². The molecule has 0 saturated carbocycles. The predicted molar refractivity (Wildman–Crippen MR) is 89.5 cm³/mol. The zero-order valence-electron chi connectivity index (χ0n) is 14.1. The molecule has 1 rings (SSSR count). The first kappa shape index (κ1) is 18.6. The maximum Gasteiger partial charge on any atom is 0.412 e. The van der Waals surface area contributed by atoms with Crippen molar-refractivity contribution in [1.29, 1.82) is 5.41 Å². The van der Waals surface area contributed by atoms with Gasteiger partial charge in [0.15, 0.2) is 0 Å². The molecule has 1 heterocycles. The van der Waals surface area contributed by atoms with Crippen molar-refractivity contribution in [2.24, 2.45) is 0 Å². The van der Waals surface area contributed by atoms with Crippen LogP contribution in [0.15, 0.2) is 35.9 Å². The number of hydrogen-bond donors (Lipinski definition) is 3. The smallest absolute Gasteiger partial charge is 0.412 e. The molecule has 0 radical (unpaired) electrons. The van der Waals surface area contributed by atoms with Crippen LogP contribution < -0.4 is 10.6 Å². The molecule has 1 atom stereocenters. The molecule has 1 aromatic heterocycles. The van der Waals surface area contributed by atoms with E-state index in [1.807, 2.05) is 6.07 Å². The number of nitrogens with zero attached hydrogens (tertiary/aromatic N) is 1. The van der Waals surface area contributed by atoms with Crippen molar-refractivity contribution in [3.05, 3.63) is 35.9 Å². The second kappa shape index (κ2) is 8.28. The fraction of sp³-hybridized carbons (Fsp3) is 0.438. The fourth-order valence-corrected chi connectivity index (χ4v) is 1.69. The third-order valence-electron chi connectivity index (χ3n) is 2.77. The molecule has 126 valence electrons. The number of rotatable bonds is 6. The maximum absolute atomic E-state index is 11.9. The largest absolute Gasteiger partial charge is 0.444 e. The Morgan fingerprint density at radius 1 is 1.43 bits per heavy atom. The van der Waals surface area contributed by atoms with Gasteiger partial charge >= 0.3 is 6.09 Å². The molecule has 0 aliphatic rings. The minimum atomic E-state index is -0.634.